The number of nitrogens with one attached hydrogen (secondary N) is 1. The number of rotatable bonds is 15. The Morgan fingerprint density at radius 2 is 1.66 bits per heavy atom. The average Bonchev–Trinajstić information content (AvgIpc) is 3.70. The monoisotopic (exact) mass is 1020 g/mol. The molecule has 1 aliphatic carbocycles. The van der Waals surface area contributed by atoms with Crippen LogP contribution in [-0.2, 0) is 32.2 Å². The Labute approximate surface area is 435 Å². The molecule has 18 heteroatoms. The molecule has 0 atom stereocenters. The zero-order chi connectivity index (χ0) is 53.2. The first-order chi connectivity index (χ1) is 35.1. The third kappa shape index (κ3) is 15.9. The van der Waals surface area contributed by atoms with E-state index in [0.29, 0.717) is 85.8 Å². The summed E-state index contributed by atoms with van der Waals surface area (Å²) in [5.41, 5.74) is 18.5. The number of fused-ring (bicyclic) bond motifs is 2. The Bertz CT molecular complexity index is 2580. The summed E-state index contributed by atoms with van der Waals surface area (Å²) < 4.78 is 16.1. The highest BCUT2D eigenvalue weighted by Gasteiger charge is 2.32. The van der Waals surface area contributed by atoms with E-state index < -0.39 is 6.16 Å². The number of amides is 2. The molecule has 4 aliphatic rings. The summed E-state index contributed by atoms with van der Waals surface area (Å²) in [6.07, 6.45) is 13.0. The van der Waals surface area contributed by atoms with E-state index in [1.165, 1.54) is 6.42 Å². The van der Waals surface area contributed by atoms with Crippen LogP contribution in [-0.4, -0.2) is 128 Å². The van der Waals surface area contributed by atoms with Crippen LogP contribution >= 0.6 is 11.6 Å². The molecule has 73 heavy (non-hydrogen) atoms. The van der Waals surface area contributed by atoms with Crippen LogP contribution < -0.4 is 26.3 Å². The summed E-state index contributed by atoms with van der Waals surface area (Å²) in [4.78, 5) is 62.1. The number of likely N-dealkylation sites (tertiary alicyclic amines) is 2. The Kier molecular flexibility index (Phi) is 21.8. The first-order valence-electron chi connectivity index (χ1n) is 25.3. The molecule has 0 bridgehead atoms. The molecular weight excluding hydrogens is 950 g/mol. The lowest BCUT2D eigenvalue weighted by atomic mass is 9.92. The second kappa shape index (κ2) is 27.9. The maximum Gasteiger partial charge on any atom is 0.506 e. The lowest BCUT2D eigenvalue weighted by Gasteiger charge is -2.38. The third-order valence-electron chi connectivity index (χ3n) is 13.6. The number of carboxylic acid groups (broad SMARTS) is 1. The fraction of sp³-hybridized carbons (Fsp3) is 0.491. The van der Waals surface area contributed by atoms with Crippen molar-refractivity contribution in [3.05, 3.63) is 105 Å². The number of aldehydes is 1. The highest BCUT2D eigenvalue weighted by Crippen LogP contribution is 2.37. The van der Waals surface area contributed by atoms with Crippen LogP contribution in [0.25, 0.3) is 16.6 Å². The van der Waals surface area contributed by atoms with Gasteiger partial charge in [-0.15, -0.1) is 0 Å². The van der Waals surface area contributed by atoms with E-state index >= 15 is 0 Å². The normalized spacial score (nSPS) is 17.6. The molecule has 17 nitrogen and oxygen atoms in total. The van der Waals surface area contributed by atoms with Gasteiger partial charge in [0.25, 0.3) is 5.91 Å². The summed E-state index contributed by atoms with van der Waals surface area (Å²) >= 11 is 5.71. The second-order valence-electron chi connectivity index (χ2n) is 18.9. The average molecular weight is 1020 g/mol. The fourth-order valence-electron chi connectivity index (χ4n) is 9.42. The third-order valence-corrected chi connectivity index (χ3v) is 13.9. The van der Waals surface area contributed by atoms with Crippen molar-refractivity contribution < 1.29 is 38.5 Å². The summed E-state index contributed by atoms with van der Waals surface area (Å²) in [5.74, 6) is 2.28. The number of carbonyl (C=O) groups is 4. The first-order valence-corrected chi connectivity index (χ1v) is 25.6. The van der Waals surface area contributed by atoms with Crippen LogP contribution in [0.4, 0.5) is 4.79 Å². The molecule has 1 saturated carbocycles. The summed E-state index contributed by atoms with van der Waals surface area (Å²) in [6.45, 7) is 10.0. The largest absolute Gasteiger partial charge is 0.506 e. The minimum atomic E-state index is -1.44. The molecule has 3 fully saturated rings. The van der Waals surface area contributed by atoms with Crippen LogP contribution in [0.2, 0.25) is 5.02 Å². The molecule has 0 spiro atoms. The van der Waals surface area contributed by atoms with Crippen molar-refractivity contribution in [3.63, 3.8) is 0 Å². The van der Waals surface area contributed by atoms with Gasteiger partial charge in [-0.3, -0.25) is 14.4 Å². The molecule has 6 N–H and O–H groups in total. The van der Waals surface area contributed by atoms with Gasteiger partial charge in [0.05, 0.1) is 52.7 Å². The number of pyridine rings is 1. The SMILES string of the molecule is CC.CC(/C=C1/c2nc3ccc(OCC4CCN(C(=O)C5CCN(/C(N)=C/C=C(\N)C(=O)NC6CCCCC6)CC5)CC4)c(CN(C)C)c3cc2CN1C)=C(/C=O)COC(=O)O.COc1ccc(C#N)c(Cl)c1. The molecule has 0 unspecified atom stereocenters. The van der Waals surface area contributed by atoms with E-state index in [0.717, 1.165) is 90.5 Å². The highest BCUT2D eigenvalue weighted by atomic mass is 35.5. The molecule has 2 amide bonds. The van der Waals surface area contributed by atoms with Crippen molar-refractivity contribution in [1.29, 1.82) is 5.26 Å². The number of hydrogen-bond donors (Lipinski definition) is 4. The molecule has 3 aromatic rings. The molecule has 7 rings (SSSR count). The van der Waals surface area contributed by atoms with Gasteiger partial charge in [-0.1, -0.05) is 44.7 Å². The van der Waals surface area contributed by atoms with Gasteiger partial charge < -0.3 is 55.7 Å². The van der Waals surface area contributed by atoms with Crippen molar-refractivity contribution in [2.75, 3.05) is 67.6 Å². The Morgan fingerprint density at radius 3 is 2.27 bits per heavy atom. The smallest absolute Gasteiger partial charge is 0.497 e. The van der Waals surface area contributed by atoms with Crippen molar-refractivity contribution in [2.24, 2.45) is 23.3 Å². The van der Waals surface area contributed by atoms with Gasteiger partial charge in [-0.05, 0) is 125 Å². The summed E-state index contributed by atoms with van der Waals surface area (Å²) in [6, 6.07) is 13.2. The van der Waals surface area contributed by atoms with E-state index in [4.69, 9.17) is 47.9 Å². The van der Waals surface area contributed by atoms with Gasteiger partial charge in [0, 0.05) is 80.9 Å². The topological polar surface area (TPSA) is 230 Å². The molecule has 4 heterocycles. The molecule has 394 valence electrons. The number of piperidine rings is 2. The van der Waals surface area contributed by atoms with Crippen molar-refractivity contribution in [1.82, 2.24) is 29.9 Å². The summed E-state index contributed by atoms with van der Waals surface area (Å²) in [5, 5.41) is 21.9. The number of methoxy groups -OCH3 is 1. The van der Waals surface area contributed by atoms with E-state index in [1.54, 1.807) is 44.4 Å². The van der Waals surface area contributed by atoms with Gasteiger partial charge >= 0.3 is 6.16 Å². The maximum absolute atomic E-state index is 13.6. The molecule has 2 saturated heterocycles. The minimum absolute atomic E-state index is 0.0379. The van der Waals surface area contributed by atoms with Crippen LogP contribution in [0.15, 0.2) is 77.3 Å². The number of carbonyl (C=O) groups excluding carboxylic acids is 3. The fourth-order valence-corrected chi connectivity index (χ4v) is 9.63. The number of aromatic nitrogens is 1. The lowest BCUT2D eigenvalue weighted by molar-refractivity contribution is -0.138. The molecule has 0 radical (unpaired) electrons. The van der Waals surface area contributed by atoms with Crippen molar-refractivity contribution in [2.45, 2.75) is 97.7 Å². The minimum Gasteiger partial charge on any atom is -0.497 e. The number of allylic oxidation sites excluding steroid dienone is 4. The number of nitriles is 1. The quantitative estimate of drug-likeness (QED) is 0.0490. The second-order valence-corrected chi connectivity index (χ2v) is 19.3. The van der Waals surface area contributed by atoms with E-state index in [1.807, 2.05) is 64.2 Å². The van der Waals surface area contributed by atoms with Gasteiger partial charge in [-0.25, -0.2) is 9.78 Å². The van der Waals surface area contributed by atoms with E-state index in [2.05, 4.69) is 30.8 Å². The zero-order valence-corrected chi connectivity index (χ0v) is 44.3. The van der Waals surface area contributed by atoms with Gasteiger partial charge in [0.1, 0.15) is 30.5 Å². The molecule has 2 aromatic carbocycles. The van der Waals surface area contributed by atoms with E-state index in [9.17, 15) is 19.2 Å². The first kappa shape index (κ1) is 57.1. The van der Waals surface area contributed by atoms with Crippen LogP contribution in [0.3, 0.4) is 0 Å². The number of benzene rings is 2. The van der Waals surface area contributed by atoms with Gasteiger partial charge in [-0.2, -0.15) is 5.26 Å². The van der Waals surface area contributed by atoms with E-state index in [-0.39, 0.29) is 41.7 Å². The van der Waals surface area contributed by atoms with Crippen LogP contribution in [0.1, 0.15) is 101 Å². The maximum atomic E-state index is 13.6. The van der Waals surface area contributed by atoms with Crippen LogP contribution in [0, 0.1) is 23.2 Å². The Hall–Kier alpha value is -6.77. The number of halogens is 1. The van der Waals surface area contributed by atoms with Crippen molar-refractivity contribution >= 4 is 52.5 Å². The Morgan fingerprint density at radius 1 is 0.973 bits per heavy atom. The number of ether oxygens (including phenoxy) is 3. The predicted octanol–water partition coefficient (Wildman–Crippen LogP) is 7.96. The highest BCUT2D eigenvalue weighted by molar-refractivity contribution is 6.31. The standard InChI is InChI=1S/C45H62N8O7.C8H6ClNO.C2H6/c1-29(33(26-54)28-60-45(57)58)22-39-42-32(24-51(39)4)23-35-36(25-50(2)3)40(12-11-38(35)49-42)59-27-30-14-18-53(19-15-30)44(56)31-16-20-52(21-17-31)41(47)13-10-37(46)43(55)48-34-8-6-5-7-9-34;1-11-7-3-2-6(5-10)8(9)4-7;1-2/h10-13,22-23,26,30-31,34H,5-9,14-21,24-25,27-28,46-47H2,1-4H3,(H,48,55)(H,57,58);2-4H,1H3;1-2H3/b33-29+,37-10-,39-22-,41-13+;;. The molecule has 3 aliphatic heterocycles. The molecular formula is C55H74ClN9O8. The lowest BCUT2D eigenvalue weighted by Crippen LogP contribution is -2.46. The predicted molar refractivity (Wildman–Crippen MR) is 284 cm³/mol. The Balaban J connectivity index is 0.000000666. The van der Waals surface area contributed by atoms with Gasteiger partial charge in [0.2, 0.25) is 5.91 Å². The number of nitrogens with zero attached hydrogens (tertiary/aromatic N) is 6. The number of nitrogens with two attached hydrogens (primary N) is 2. The number of hydrogen-bond acceptors (Lipinski definition) is 14. The van der Waals surface area contributed by atoms with Crippen LogP contribution in [0.5, 0.6) is 11.5 Å². The van der Waals surface area contributed by atoms with Crippen molar-refractivity contribution in [3.8, 4) is 17.6 Å². The summed E-state index contributed by atoms with van der Waals surface area (Å²) in [7, 11) is 7.58. The molecule has 1 aromatic heterocycles. The zero-order valence-electron chi connectivity index (χ0n) is 43.5. The van der Waals surface area contributed by atoms with Gasteiger partial charge in [0.15, 0.2) is 0 Å².